The summed E-state index contributed by atoms with van der Waals surface area (Å²) in [5, 5.41) is 5.54. The summed E-state index contributed by atoms with van der Waals surface area (Å²) in [5.41, 5.74) is 1.74. The number of benzene rings is 1. The van der Waals surface area contributed by atoms with E-state index in [0.717, 1.165) is 37.5 Å². The van der Waals surface area contributed by atoms with E-state index in [2.05, 4.69) is 10.6 Å². The molecule has 1 atom stereocenters. The van der Waals surface area contributed by atoms with Crippen LogP contribution in [0.15, 0.2) is 24.3 Å². The summed E-state index contributed by atoms with van der Waals surface area (Å²) in [4.78, 5) is 60.6. The molecule has 1 aliphatic carbocycles. The molecule has 0 aromatic heterocycles. The average molecular weight is 530 g/mol. The summed E-state index contributed by atoms with van der Waals surface area (Å²) in [6.07, 6.45) is 6.90. The summed E-state index contributed by atoms with van der Waals surface area (Å²) in [6.45, 7) is 1.68. The SMILES string of the molecule is O=CCCc1ccc(NC(=O)CCOCCOCCNC(=O)CCN2C(=O)CC(C3CCCC3)C2=O)cc1. The Labute approximate surface area is 223 Å². The van der Waals surface area contributed by atoms with Crippen LogP contribution in [0.3, 0.4) is 0 Å². The topological polar surface area (TPSA) is 131 Å². The fraction of sp³-hybridized carbons (Fsp3) is 0.607. The molecule has 1 aromatic carbocycles. The summed E-state index contributed by atoms with van der Waals surface area (Å²) in [6, 6.07) is 7.39. The molecule has 10 heteroatoms. The number of carbonyl (C=O) groups excluding carboxylic acids is 5. The molecule has 1 unspecified atom stereocenters. The van der Waals surface area contributed by atoms with E-state index in [1.54, 1.807) is 0 Å². The standard InChI is InChI=1S/C28H39N3O7/c32-15-3-4-21-7-9-23(10-8-21)30-26(34)12-16-37-18-19-38-17-13-29-25(33)11-14-31-27(35)20-24(28(31)36)22-5-1-2-6-22/h7-10,15,22,24H,1-6,11-14,16-20H2,(H,29,33)(H,30,34). The predicted molar refractivity (Wildman–Crippen MR) is 140 cm³/mol. The van der Waals surface area contributed by atoms with Gasteiger partial charge in [0.05, 0.1) is 38.8 Å². The van der Waals surface area contributed by atoms with Crippen LogP contribution in [0.4, 0.5) is 5.69 Å². The lowest BCUT2D eigenvalue weighted by Crippen LogP contribution is -2.36. The molecule has 1 saturated heterocycles. The maximum absolute atomic E-state index is 12.6. The first-order valence-electron chi connectivity index (χ1n) is 13.6. The van der Waals surface area contributed by atoms with E-state index in [9.17, 15) is 24.0 Å². The number of aryl methyl sites for hydroxylation is 1. The van der Waals surface area contributed by atoms with Crippen LogP contribution < -0.4 is 10.6 Å². The van der Waals surface area contributed by atoms with Gasteiger partial charge in [-0.2, -0.15) is 0 Å². The summed E-state index contributed by atoms with van der Waals surface area (Å²) >= 11 is 0. The number of amides is 4. The Morgan fingerprint density at radius 1 is 0.947 bits per heavy atom. The normalized spacial score (nSPS) is 17.7. The van der Waals surface area contributed by atoms with Gasteiger partial charge in [0, 0.05) is 38.0 Å². The minimum atomic E-state index is -0.226. The highest BCUT2D eigenvalue weighted by molar-refractivity contribution is 6.04. The van der Waals surface area contributed by atoms with Crippen molar-refractivity contribution in [3.8, 4) is 0 Å². The second-order valence-corrected chi connectivity index (χ2v) is 9.76. The minimum absolute atomic E-state index is 0.0877. The Balaban J connectivity index is 1.15. The van der Waals surface area contributed by atoms with Gasteiger partial charge in [-0.3, -0.25) is 24.1 Å². The number of aldehydes is 1. The molecule has 4 amide bonds. The van der Waals surface area contributed by atoms with E-state index in [1.807, 2.05) is 24.3 Å². The first-order valence-corrected chi connectivity index (χ1v) is 13.6. The summed E-state index contributed by atoms with van der Waals surface area (Å²) < 4.78 is 10.8. The molecule has 38 heavy (non-hydrogen) atoms. The predicted octanol–water partition coefficient (Wildman–Crippen LogP) is 2.25. The number of likely N-dealkylation sites (tertiary alicyclic amines) is 1. The average Bonchev–Trinajstić information content (AvgIpc) is 3.54. The van der Waals surface area contributed by atoms with Gasteiger partial charge in [0.1, 0.15) is 6.29 Å². The molecule has 3 rings (SSSR count). The van der Waals surface area contributed by atoms with Crippen LogP contribution >= 0.6 is 0 Å². The third kappa shape index (κ3) is 9.64. The Morgan fingerprint density at radius 2 is 1.66 bits per heavy atom. The van der Waals surface area contributed by atoms with E-state index >= 15 is 0 Å². The van der Waals surface area contributed by atoms with Gasteiger partial charge in [-0.15, -0.1) is 0 Å². The second kappa shape index (κ2) is 16.0. The van der Waals surface area contributed by atoms with Crippen molar-refractivity contribution < 1.29 is 33.4 Å². The second-order valence-electron chi connectivity index (χ2n) is 9.76. The lowest BCUT2D eigenvalue weighted by atomic mass is 9.89. The van der Waals surface area contributed by atoms with E-state index in [-0.39, 0.29) is 62.0 Å². The number of ether oxygens (including phenoxy) is 2. The molecule has 2 fully saturated rings. The van der Waals surface area contributed by atoms with E-state index < -0.39 is 0 Å². The molecule has 0 spiro atoms. The Morgan fingerprint density at radius 3 is 2.37 bits per heavy atom. The largest absolute Gasteiger partial charge is 0.379 e. The Hall–Kier alpha value is -3.11. The Kier molecular flexibility index (Phi) is 12.4. The molecule has 2 N–H and O–H groups in total. The van der Waals surface area contributed by atoms with Crippen LogP contribution in [0.1, 0.15) is 56.9 Å². The first-order chi connectivity index (χ1) is 18.5. The molecule has 2 aliphatic rings. The van der Waals surface area contributed by atoms with E-state index in [0.29, 0.717) is 50.8 Å². The highest BCUT2D eigenvalue weighted by Gasteiger charge is 2.43. The molecule has 0 bridgehead atoms. The number of nitrogens with one attached hydrogen (secondary N) is 2. The summed E-state index contributed by atoms with van der Waals surface area (Å²) in [7, 11) is 0. The van der Waals surface area contributed by atoms with Crippen LogP contribution in [-0.4, -0.2) is 74.3 Å². The molecule has 0 radical (unpaired) electrons. The van der Waals surface area contributed by atoms with Crippen molar-refractivity contribution in [3.63, 3.8) is 0 Å². The quantitative estimate of drug-likeness (QED) is 0.180. The van der Waals surface area contributed by atoms with Gasteiger partial charge in [0.25, 0.3) is 0 Å². The fourth-order valence-electron chi connectivity index (χ4n) is 4.93. The molecule has 1 saturated carbocycles. The van der Waals surface area contributed by atoms with Gasteiger partial charge in [0.2, 0.25) is 23.6 Å². The zero-order valence-corrected chi connectivity index (χ0v) is 22.0. The first kappa shape index (κ1) is 29.4. The third-order valence-corrected chi connectivity index (χ3v) is 7.01. The molecule has 1 aromatic rings. The maximum Gasteiger partial charge on any atom is 0.233 e. The van der Waals surface area contributed by atoms with Crippen LogP contribution in [0.2, 0.25) is 0 Å². The van der Waals surface area contributed by atoms with Crippen LogP contribution in [-0.2, 0) is 39.9 Å². The number of imide groups is 1. The fourth-order valence-corrected chi connectivity index (χ4v) is 4.93. The van der Waals surface area contributed by atoms with E-state index in [4.69, 9.17) is 9.47 Å². The van der Waals surface area contributed by atoms with Crippen molar-refractivity contribution in [2.75, 3.05) is 44.8 Å². The number of carbonyl (C=O) groups is 5. The van der Waals surface area contributed by atoms with Gasteiger partial charge >= 0.3 is 0 Å². The number of hydrogen-bond donors (Lipinski definition) is 2. The Bertz CT molecular complexity index is 944. The minimum Gasteiger partial charge on any atom is -0.379 e. The maximum atomic E-state index is 12.6. The zero-order valence-electron chi connectivity index (χ0n) is 22.0. The van der Waals surface area contributed by atoms with Crippen molar-refractivity contribution in [3.05, 3.63) is 29.8 Å². The molecule has 208 valence electrons. The number of anilines is 1. The lowest BCUT2D eigenvalue weighted by molar-refractivity contribution is -0.140. The van der Waals surface area contributed by atoms with Crippen LogP contribution in [0, 0.1) is 11.8 Å². The highest BCUT2D eigenvalue weighted by Crippen LogP contribution is 2.37. The molecule has 10 nitrogen and oxygen atoms in total. The van der Waals surface area contributed by atoms with Crippen LogP contribution in [0.5, 0.6) is 0 Å². The monoisotopic (exact) mass is 529 g/mol. The highest BCUT2D eigenvalue weighted by atomic mass is 16.5. The van der Waals surface area contributed by atoms with Gasteiger partial charge in [0.15, 0.2) is 0 Å². The van der Waals surface area contributed by atoms with Gasteiger partial charge in [-0.05, 0) is 42.9 Å². The lowest BCUT2D eigenvalue weighted by Gasteiger charge is -2.17. The van der Waals surface area contributed by atoms with Crippen molar-refractivity contribution in [2.24, 2.45) is 11.8 Å². The number of hydrogen-bond acceptors (Lipinski definition) is 7. The van der Waals surface area contributed by atoms with Crippen LogP contribution in [0.25, 0.3) is 0 Å². The molecular formula is C28H39N3O7. The number of rotatable bonds is 17. The number of nitrogens with zero attached hydrogens (tertiary/aromatic N) is 1. The summed E-state index contributed by atoms with van der Waals surface area (Å²) in [5.74, 6) is -0.543. The van der Waals surface area contributed by atoms with Crippen molar-refractivity contribution in [2.45, 2.75) is 57.8 Å². The van der Waals surface area contributed by atoms with Crippen molar-refractivity contribution in [1.82, 2.24) is 10.2 Å². The molecule has 1 heterocycles. The zero-order chi connectivity index (χ0) is 27.2. The van der Waals surface area contributed by atoms with Gasteiger partial charge in [-0.25, -0.2) is 0 Å². The van der Waals surface area contributed by atoms with Gasteiger partial charge < -0.3 is 24.9 Å². The molecular weight excluding hydrogens is 490 g/mol. The smallest absolute Gasteiger partial charge is 0.233 e. The van der Waals surface area contributed by atoms with E-state index in [1.165, 1.54) is 4.90 Å². The molecule has 1 aliphatic heterocycles. The van der Waals surface area contributed by atoms with Gasteiger partial charge in [-0.1, -0.05) is 25.0 Å². The van der Waals surface area contributed by atoms with Crippen molar-refractivity contribution >= 4 is 35.6 Å². The van der Waals surface area contributed by atoms with Crippen molar-refractivity contribution in [1.29, 1.82) is 0 Å². The third-order valence-electron chi connectivity index (χ3n) is 7.01.